The Balaban J connectivity index is 2.32. The second-order valence-electron chi connectivity index (χ2n) is 3.77. The van der Waals surface area contributed by atoms with Gasteiger partial charge in [0.1, 0.15) is 0 Å². The minimum atomic E-state index is -0.202. The third kappa shape index (κ3) is 2.07. The number of thioether (sulfide) groups is 1. The normalized spacial score (nSPS) is 21.2. The van der Waals surface area contributed by atoms with E-state index in [0.29, 0.717) is 0 Å². The van der Waals surface area contributed by atoms with Gasteiger partial charge in [-0.05, 0) is 31.7 Å². The molecule has 2 atom stereocenters. The van der Waals surface area contributed by atoms with Crippen LogP contribution in [0.3, 0.4) is 0 Å². The van der Waals surface area contributed by atoms with Gasteiger partial charge in [0.25, 0.3) is 0 Å². The highest BCUT2D eigenvalue weighted by atomic mass is 32.2. The summed E-state index contributed by atoms with van der Waals surface area (Å²) < 4.78 is 0. The van der Waals surface area contributed by atoms with Gasteiger partial charge in [-0.1, -0.05) is 6.07 Å². The Hall–Kier alpha value is -1.04. The average Bonchev–Trinajstić information content (AvgIpc) is 2.29. The maximum absolute atomic E-state index is 11.5. The van der Waals surface area contributed by atoms with Crippen LogP contribution < -0.4 is 16.4 Å². The van der Waals surface area contributed by atoms with Crippen molar-refractivity contribution in [1.29, 1.82) is 0 Å². The van der Waals surface area contributed by atoms with Crippen molar-refractivity contribution in [1.82, 2.24) is 5.32 Å². The van der Waals surface area contributed by atoms with Crippen molar-refractivity contribution in [3.63, 3.8) is 0 Å². The lowest BCUT2D eigenvalue weighted by atomic mass is 10.1. The average molecular weight is 237 g/mol. The van der Waals surface area contributed by atoms with Crippen LogP contribution in [0.4, 0.5) is 5.69 Å². The van der Waals surface area contributed by atoms with Crippen molar-refractivity contribution in [2.24, 2.45) is 5.73 Å². The Morgan fingerprint density at radius 1 is 1.56 bits per heavy atom. The number of carbonyl (C=O) groups excluding carboxylic acids is 1. The van der Waals surface area contributed by atoms with Crippen LogP contribution in [0.15, 0.2) is 23.1 Å². The van der Waals surface area contributed by atoms with Gasteiger partial charge in [-0.2, -0.15) is 0 Å². The number of anilines is 1. The van der Waals surface area contributed by atoms with Gasteiger partial charge in [0.05, 0.1) is 17.1 Å². The minimum Gasteiger partial charge on any atom is -0.324 e. The van der Waals surface area contributed by atoms with Crippen molar-refractivity contribution in [2.75, 3.05) is 12.4 Å². The number of amides is 1. The molecule has 1 amide bonds. The summed E-state index contributed by atoms with van der Waals surface area (Å²) in [6, 6.07) is 5.91. The molecule has 4 N–H and O–H groups in total. The number of fused-ring (bicyclic) bond motifs is 1. The van der Waals surface area contributed by atoms with E-state index in [-0.39, 0.29) is 17.3 Å². The number of nitrogens with one attached hydrogen (secondary N) is 2. The van der Waals surface area contributed by atoms with Crippen LogP contribution in [-0.4, -0.2) is 18.2 Å². The molecule has 0 aromatic heterocycles. The van der Waals surface area contributed by atoms with E-state index in [1.807, 2.05) is 25.1 Å². The second-order valence-corrected chi connectivity index (χ2v) is 5.15. The minimum absolute atomic E-state index is 0.0312. The molecule has 1 aromatic carbocycles. The van der Waals surface area contributed by atoms with Crippen LogP contribution in [0.2, 0.25) is 0 Å². The number of hydrogen-bond donors (Lipinski definition) is 3. The van der Waals surface area contributed by atoms with Gasteiger partial charge in [0.2, 0.25) is 5.91 Å². The number of rotatable bonds is 2. The van der Waals surface area contributed by atoms with Gasteiger partial charge in [-0.25, -0.2) is 0 Å². The van der Waals surface area contributed by atoms with E-state index in [1.54, 1.807) is 18.8 Å². The zero-order valence-electron chi connectivity index (χ0n) is 9.28. The van der Waals surface area contributed by atoms with Crippen molar-refractivity contribution >= 4 is 23.4 Å². The van der Waals surface area contributed by atoms with E-state index in [9.17, 15) is 4.79 Å². The van der Waals surface area contributed by atoms with Crippen LogP contribution in [0.5, 0.6) is 0 Å². The Morgan fingerprint density at radius 2 is 2.31 bits per heavy atom. The molecule has 2 rings (SSSR count). The second kappa shape index (κ2) is 4.45. The third-order valence-electron chi connectivity index (χ3n) is 2.60. The molecule has 0 saturated carbocycles. The first-order valence-corrected chi connectivity index (χ1v) is 6.04. The summed E-state index contributed by atoms with van der Waals surface area (Å²) >= 11 is 1.57. The maximum Gasteiger partial charge on any atom is 0.237 e. The van der Waals surface area contributed by atoms with Crippen LogP contribution in [0.25, 0.3) is 0 Å². The number of benzene rings is 1. The molecule has 4 nitrogen and oxygen atoms in total. The molecule has 0 saturated heterocycles. The molecule has 0 spiro atoms. The smallest absolute Gasteiger partial charge is 0.237 e. The zero-order valence-corrected chi connectivity index (χ0v) is 10.1. The lowest BCUT2D eigenvalue weighted by Crippen LogP contribution is -2.28. The highest BCUT2D eigenvalue weighted by Crippen LogP contribution is 2.36. The van der Waals surface area contributed by atoms with Crippen molar-refractivity contribution in [2.45, 2.75) is 23.2 Å². The van der Waals surface area contributed by atoms with Gasteiger partial charge in [0.15, 0.2) is 0 Å². The Bertz CT molecular complexity index is 422. The molecule has 0 fully saturated rings. The van der Waals surface area contributed by atoms with Gasteiger partial charge < -0.3 is 16.4 Å². The first-order valence-electron chi connectivity index (χ1n) is 5.16. The number of carbonyl (C=O) groups is 1. The molecule has 5 heteroatoms. The largest absolute Gasteiger partial charge is 0.324 e. The Kier molecular flexibility index (Phi) is 3.18. The molecule has 2 unspecified atom stereocenters. The van der Waals surface area contributed by atoms with Crippen LogP contribution >= 0.6 is 11.8 Å². The summed E-state index contributed by atoms with van der Waals surface area (Å²) in [6.45, 7) is 1.90. The first-order chi connectivity index (χ1) is 7.61. The molecular formula is C11H15N3OS. The van der Waals surface area contributed by atoms with Crippen LogP contribution in [0.1, 0.15) is 18.7 Å². The summed E-state index contributed by atoms with van der Waals surface area (Å²) in [5, 5.41) is 5.82. The topological polar surface area (TPSA) is 67.2 Å². The fourth-order valence-electron chi connectivity index (χ4n) is 1.59. The van der Waals surface area contributed by atoms with Crippen molar-refractivity contribution < 1.29 is 4.79 Å². The SMILES string of the molecule is CNC(N)c1ccc2c(c1)NC(=O)C(C)S2. The van der Waals surface area contributed by atoms with Crippen molar-refractivity contribution in [3.8, 4) is 0 Å². The summed E-state index contributed by atoms with van der Waals surface area (Å²) in [6.07, 6.45) is -0.202. The van der Waals surface area contributed by atoms with Gasteiger partial charge in [0, 0.05) is 4.90 Å². The molecule has 1 aliphatic rings. The maximum atomic E-state index is 11.5. The number of nitrogens with two attached hydrogens (primary N) is 1. The highest BCUT2D eigenvalue weighted by Gasteiger charge is 2.23. The molecule has 0 radical (unpaired) electrons. The van der Waals surface area contributed by atoms with Crippen LogP contribution in [-0.2, 0) is 4.79 Å². The summed E-state index contributed by atoms with van der Waals surface area (Å²) in [5.74, 6) is 0.0488. The standard InChI is InChI=1S/C11H15N3OS/c1-6-11(15)14-8-5-7(10(12)13-2)3-4-9(8)16-6/h3-6,10,13H,12H2,1-2H3,(H,14,15). The predicted molar refractivity (Wildman–Crippen MR) is 66.4 cm³/mol. The fraction of sp³-hybridized carbons (Fsp3) is 0.364. The molecule has 16 heavy (non-hydrogen) atoms. The third-order valence-corrected chi connectivity index (χ3v) is 3.78. The quantitative estimate of drug-likeness (QED) is 0.678. The summed E-state index contributed by atoms with van der Waals surface area (Å²) in [7, 11) is 1.81. The molecular weight excluding hydrogens is 222 g/mol. The summed E-state index contributed by atoms with van der Waals surface area (Å²) in [5.41, 5.74) is 7.69. The summed E-state index contributed by atoms with van der Waals surface area (Å²) in [4.78, 5) is 12.6. The van der Waals surface area contributed by atoms with Gasteiger partial charge in [-0.15, -0.1) is 11.8 Å². The lowest BCUT2D eigenvalue weighted by Gasteiger charge is -2.22. The fourth-order valence-corrected chi connectivity index (χ4v) is 2.52. The molecule has 1 heterocycles. The van der Waals surface area contributed by atoms with Crippen molar-refractivity contribution in [3.05, 3.63) is 23.8 Å². The molecule has 86 valence electrons. The molecule has 1 aromatic rings. The lowest BCUT2D eigenvalue weighted by molar-refractivity contribution is -0.115. The van der Waals surface area contributed by atoms with E-state index < -0.39 is 0 Å². The van der Waals surface area contributed by atoms with Gasteiger partial charge in [-0.3, -0.25) is 4.79 Å². The van der Waals surface area contributed by atoms with Gasteiger partial charge >= 0.3 is 0 Å². The highest BCUT2D eigenvalue weighted by molar-refractivity contribution is 8.00. The Morgan fingerprint density at radius 3 is 3.00 bits per heavy atom. The zero-order chi connectivity index (χ0) is 11.7. The Labute approximate surface area is 99.0 Å². The van der Waals surface area contributed by atoms with Crippen LogP contribution in [0, 0.1) is 0 Å². The molecule has 1 aliphatic heterocycles. The number of hydrogen-bond acceptors (Lipinski definition) is 4. The van der Waals surface area contributed by atoms with E-state index in [0.717, 1.165) is 16.1 Å². The van der Waals surface area contributed by atoms with E-state index in [1.165, 1.54) is 0 Å². The van der Waals surface area contributed by atoms with E-state index in [2.05, 4.69) is 10.6 Å². The van der Waals surface area contributed by atoms with E-state index >= 15 is 0 Å². The van der Waals surface area contributed by atoms with E-state index in [4.69, 9.17) is 5.73 Å². The molecule has 0 bridgehead atoms. The molecule has 0 aliphatic carbocycles. The monoisotopic (exact) mass is 237 g/mol. The first kappa shape index (κ1) is 11.4. The predicted octanol–water partition coefficient (Wildman–Crippen LogP) is 1.30.